The van der Waals surface area contributed by atoms with Crippen LogP contribution in [0, 0.1) is 5.92 Å². The van der Waals surface area contributed by atoms with Gasteiger partial charge >= 0.3 is 5.97 Å². The molecule has 1 saturated heterocycles. The fourth-order valence-corrected chi connectivity index (χ4v) is 2.11. The van der Waals surface area contributed by atoms with Gasteiger partial charge in [0.15, 0.2) is 0 Å². The summed E-state index contributed by atoms with van der Waals surface area (Å²) < 4.78 is 4.64. The number of piperidine rings is 1. The highest BCUT2D eigenvalue weighted by Gasteiger charge is 2.18. The minimum absolute atomic E-state index is 0.102. The van der Waals surface area contributed by atoms with Gasteiger partial charge in [-0.15, -0.1) is 0 Å². The number of carbonyl (C=O) groups is 1. The normalized spacial score (nSPS) is 18.6. The number of rotatable bonds is 6. The van der Waals surface area contributed by atoms with Gasteiger partial charge in [0.1, 0.15) is 0 Å². The highest BCUT2D eigenvalue weighted by molar-refractivity contribution is 5.69. The van der Waals surface area contributed by atoms with E-state index >= 15 is 0 Å². The molecule has 0 aliphatic carbocycles. The molecule has 1 heterocycles. The molecule has 1 N–H and O–H groups in total. The number of hydrogen-bond donors (Lipinski definition) is 1. The Morgan fingerprint density at radius 1 is 1.44 bits per heavy atom. The first-order valence-electron chi connectivity index (χ1n) is 6.26. The molecule has 0 atom stereocenters. The smallest absolute Gasteiger partial charge is 0.306 e. The zero-order valence-corrected chi connectivity index (χ0v) is 10.5. The first kappa shape index (κ1) is 13.5. The molecule has 94 valence electrons. The summed E-state index contributed by atoms with van der Waals surface area (Å²) in [6.07, 6.45) is 3.01. The quantitative estimate of drug-likeness (QED) is 0.685. The molecule has 16 heavy (non-hydrogen) atoms. The van der Waals surface area contributed by atoms with Gasteiger partial charge in [0.25, 0.3) is 0 Å². The summed E-state index contributed by atoms with van der Waals surface area (Å²) in [7, 11) is 1.45. The van der Waals surface area contributed by atoms with Crippen LogP contribution in [0.1, 0.15) is 26.2 Å². The Morgan fingerprint density at radius 3 is 2.69 bits per heavy atom. The Morgan fingerprint density at radius 2 is 2.12 bits per heavy atom. The minimum atomic E-state index is -0.102. The maximum absolute atomic E-state index is 11.0. The topological polar surface area (TPSA) is 41.6 Å². The number of likely N-dealkylation sites (tertiary alicyclic amines) is 1. The van der Waals surface area contributed by atoms with Crippen LogP contribution in [-0.2, 0) is 9.53 Å². The number of hydrogen-bond acceptors (Lipinski definition) is 4. The van der Waals surface area contributed by atoms with Crippen molar-refractivity contribution < 1.29 is 9.53 Å². The molecular weight excluding hydrogens is 204 g/mol. The second kappa shape index (κ2) is 7.63. The van der Waals surface area contributed by atoms with Crippen molar-refractivity contribution in [3.05, 3.63) is 0 Å². The Kier molecular flexibility index (Phi) is 6.42. The lowest BCUT2D eigenvalue weighted by atomic mass is 9.97. The minimum Gasteiger partial charge on any atom is -0.469 e. The number of ether oxygens (including phenoxy) is 1. The van der Waals surface area contributed by atoms with Crippen LogP contribution in [0.5, 0.6) is 0 Å². The van der Waals surface area contributed by atoms with Crippen LogP contribution in [-0.4, -0.2) is 50.7 Å². The van der Waals surface area contributed by atoms with Crippen LogP contribution < -0.4 is 5.32 Å². The third kappa shape index (κ3) is 4.94. The molecule has 0 radical (unpaired) electrons. The van der Waals surface area contributed by atoms with Gasteiger partial charge in [-0.1, -0.05) is 6.92 Å². The van der Waals surface area contributed by atoms with E-state index < -0.39 is 0 Å². The maximum Gasteiger partial charge on any atom is 0.306 e. The monoisotopic (exact) mass is 228 g/mol. The summed E-state index contributed by atoms with van der Waals surface area (Å²) in [5, 5.41) is 3.40. The van der Waals surface area contributed by atoms with E-state index in [9.17, 15) is 4.79 Å². The molecule has 0 aromatic heterocycles. The average molecular weight is 228 g/mol. The Hall–Kier alpha value is -0.610. The predicted molar refractivity (Wildman–Crippen MR) is 64.3 cm³/mol. The van der Waals surface area contributed by atoms with E-state index in [0.29, 0.717) is 6.42 Å². The molecule has 1 rings (SSSR count). The van der Waals surface area contributed by atoms with Gasteiger partial charge in [-0.3, -0.25) is 4.79 Å². The molecule has 1 aliphatic heterocycles. The summed E-state index contributed by atoms with van der Waals surface area (Å²) in [5.74, 6) is 0.712. The molecule has 0 aromatic carbocycles. The SMILES string of the molecule is CCNCC1CCN(CCC(=O)OC)CC1. The van der Waals surface area contributed by atoms with Crippen LogP contribution >= 0.6 is 0 Å². The standard InChI is InChI=1S/C12H24N2O2/c1-3-13-10-11-4-7-14(8-5-11)9-6-12(15)16-2/h11,13H,3-10H2,1-2H3. The average Bonchev–Trinajstić information content (AvgIpc) is 2.34. The zero-order valence-electron chi connectivity index (χ0n) is 10.5. The predicted octanol–water partition coefficient (Wildman–Crippen LogP) is 0.871. The summed E-state index contributed by atoms with van der Waals surface area (Å²) in [6.45, 7) is 7.43. The number of nitrogens with one attached hydrogen (secondary N) is 1. The maximum atomic E-state index is 11.0. The Bertz CT molecular complexity index is 201. The van der Waals surface area contributed by atoms with E-state index in [1.54, 1.807) is 0 Å². The van der Waals surface area contributed by atoms with Gasteiger partial charge in [-0.25, -0.2) is 0 Å². The molecule has 0 bridgehead atoms. The molecule has 1 aliphatic rings. The van der Waals surface area contributed by atoms with Crippen LogP contribution in [0.2, 0.25) is 0 Å². The molecular formula is C12H24N2O2. The van der Waals surface area contributed by atoms with Crippen molar-refractivity contribution in [1.82, 2.24) is 10.2 Å². The fourth-order valence-electron chi connectivity index (χ4n) is 2.11. The van der Waals surface area contributed by atoms with E-state index in [1.165, 1.54) is 20.0 Å². The number of esters is 1. The van der Waals surface area contributed by atoms with Crippen LogP contribution in [0.15, 0.2) is 0 Å². The van der Waals surface area contributed by atoms with Gasteiger partial charge in [-0.2, -0.15) is 0 Å². The van der Waals surface area contributed by atoms with Crippen molar-refractivity contribution in [1.29, 1.82) is 0 Å². The lowest BCUT2D eigenvalue weighted by Crippen LogP contribution is -2.38. The number of carbonyl (C=O) groups excluding carboxylic acids is 1. The van der Waals surface area contributed by atoms with Crippen molar-refractivity contribution in [2.45, 2.75) is 26.2 Å². The number of methoxy groups -OCH3 is 1. The first-order valence-corrected chi connectivity index (χ1v) is 6.26. The summed E-state index contributed by atoms with van der Waals surface area (Å²) in [4.78, 5) is 13.4. The number of nitrogens with zero attached hydrogens (tertiary/aromatic N) is 1. The van der Waals surface area contributed by atoms with E-state index in [-0.39, 0.29) is 5.97 Å². The summed E-state index contributed by atoms with van der Waals surface area (Å²) >= 11 is 0. The van der Waals surface area contributed by atoms with Gasteiger partial charge in [0, 0.05) is 6.54 Å². The lowest BCUT2D eigenvalue weighted by Gasteiger charge is -2.31. The van der Waals surface area contributed by atoms with Crippen LogP contribution in [0.3, 0.4) is 0 Å². The van der Waals surface area contributed by atoms with Crippen molar-refractivity contribution in [3.63, 3.8) is 0 Å². The van der Waals surface area contributed by atoms with Crippen molar-refractivity contribution >= 4 is 5.97 Å². The van der Waals surface area contributed by atoms with Gasteiger partial charge < -0.3 is 15.0 Å². The summed E-state index contributed by atoms with van der Waals surface area (Å²) in [6, 6.07) is 0. The van der Waals surface area contributed by atoms with Gasteiger partial charge in [0.2, 0.25) is 0 Å². The van der Waals surface area contributed by atoms with Crippen molar-refractivity contribution in [3.8, 4) is 0 Å². The summed E-state index contributed by atoms with van der Waals surface area (Å²) in [5.41, 5.74) is 0. The van der Waals surface area contributed by atoms with E-state index in [0.717, 1.165) is 38.6 Å². The molecule has 0 unspecified atom stereocenters. The molecule has 0 saturated carbocycles. The van der Waals surface area contributed by atoms with Crippen molar-refractivity contribution in [2.24, 2.45) is 5.92 Å². The van der Waals surface area contributed by atoms with E-state index in [4.69, 9.17) is 0 Å². The van der Waals surface area contributed by atoms with Gasteiger partial charge in [-0.05, 0) is 44.9 Å². The Labute approximate surface area is 98.3 Å². The van der Waals surface area contributed by atoms with E-state index in [1.807, 2.05) is 0 Å². The second-order valence-electron chi connectivity index (χ2n) is 4.42. The molecule has 1 fully saturated rings. The molecule has 4 heteroatoms. The fraction of sp³-hybridized carbons (Fsp3) is 0.917. The highest BCUT2D eigenvalue weighted by atomic mass is 16.5. The zero-order chi connectivity index (χ0) is 11.8. The third-order valence-corrected chi connectivity index (χ3v) is 3.25. The third-order valence-electron chi connectivity index (χ3n) is 3.25. The molecule has 0 aromatic rings. The lowest BCUT2D eigenvalue weighted by molar-refractivity contribution is -0.141. The molecule has 4 nitrogen and oxygen atoms in total. The largest absolute Gasteiger partial charge is 0.469 e. The van der Waals surface area contributed by atoms with Crippen LogP contribution in [0.4, 0.5) is 0 Å². The van der Waals surface area contributed by atoms with Gasteiger partial charge in [0.05, 0.1) is 13.5 Å². The van der Waals surface area contributed by atoms with E-state index in [2.05, 4.69) is 21.9 Å². The second-order valence-corrected chi connectivity index (χ2v) is 4.42. The first-order chi connectivity index (χ1) is 7.76. The molecule has 0 amide bonds. The van der Waals surface area contributed by atoms with Crippen LogP contribution in [0.25, 0.3) is 0 Å². The highest BCUT2D eigenvalue weighted by Crippen LogP contribution is 2.16. The Balaban J connectivity index is 2.09. The van der Waals surface area contributed by atoms with Crippen molar-refractivity contribution in [2.75, 3.05) is 39.8 Å². The molecule has 0 spiro atoms.